The van der Waals surface area contributed by atoms with E-state index in [1.165, 1.54) is 11.3 Å². The third-order valence-corrected chi connectivity index (χ3v) is 6.79. The van der Waals surface area contributed by atoms with E-state index in [4.69, 9.17) is 0 Å². The fraction of sp³-hybridized carbons (Fsp3) is 0.462. The molecule has 2 aromatic carbocycles. The van der Waals surface area contributed by atoms with Crippen molar-refractivity contribution in [1.82, 2.24) is 9.80 Å². The number of likely N-dealkylation sites (tertiary alicyclic amines) is 2. The molecule has 0 saturated carbocycles. The van der Waals surface area contributed by atoms with Gasteiger partial charge >= 0.3 is 6.03 Å². The number of likely N-dealkylation sites (N-methyl/N-ethyl adjacent to an activating group) is 1. The van der Waals surface area contributed by atoms with Crippen LogP contribution in [0.5, 0.6) is 0 Å². The minimum absolute atomic E-state index is 0.0199. The van der Waals surface area contributed by atoms with Crippen LogP contribution in [0, 0.1) is 13.8 Å². The van der Waals surface area contributed by atoms with Gasteiger partial charge in [-0.25, -0.2) is 4.79 Å². The van der Waals surface area contributed by atoms with Crippen molar-refractivity contribution >= 4 is 23.3 Å². The third kappa shape index (κ3) is 4.74. The number of urea groups is 1. The van der Waals surface area contributed by atoms with Crippen molar-refractivity contribution in [3.8, 4) is 0 Å². The lowest BCUT2D eigenvalue weighted by molar-refractivity contribution is 0.0793. The van der Waals surface area contributed by atoms with Crippen LogP contribution in [0.4, 0.5) is 16.2 Å². The Morgan fingerprint density at radius 2 is 1.62 bits per heavy atom. The van der Waals surface area contributed by atoms with Gasteiger partial charge in [-0.3, -0.25) is 4.79 Å². The fourth-order valence-electron chi connectivity index (χ4n) is 4.77. The second-order valence-corrected chi connectivity index (χ2v) is 9.12. The lowest BCUT2D eigenvalue weighted by Gasteiger charge is -2.38. The Morgan fingerprint density at radius 3 is 2.34 bits per heavy atom. The lowest BCUT2D eigenvalue weighted by atomic mass is 10.0. The molecule has 170 valence electrons. The summed E-state index contributed by atoms with van der Waals surface area (Å²) in [5, 5.41) is 3.05. The van der Waals surface area contributed by atoms with Gasteiger partial charge in [-0.05, 0) is 63.3 Å². The molecule has 4 rings (SSSR count). The van der Waals surface area contributed by atoms with Crippen molar-refractivity contribution in [3.05, 3.63) is 59.2 Å². The van der Waals surface area contributed by atoms with Gasteiger partial charge in [0.2, 0.25) is 0 Å². The van der Waals surface area contributed by atoms with Gasteiger partial charge in [0.15, 0.2) is 0 Å². The number of piperidine rings is 1. The number of hydrogen-bond donors (Lipinski definition) is 1. The predicted octanol–water partition coefficient (Wildman–Crippen LogP) is 4.67. The van der Waals surface area contributed by atoms with Crippen LogP contribution in [0.3, 0.4) is 0 Å². The van der Waals surface area contributed by atoms with Crippen LogP contribution in [0.1, 0.15) is 47.2 Å². The van der Waals surface area contributed by atoms with E-state index in [9.17, 15) is 9.59 Å². The number of carbonyl (C=O) groups is 2. The Balaban J connectivity index is 1.46. The number of nitrogens with zero attached hydrogens (tertiary/aromatic N) is 3. The Labute approximate surface area is 191 Å². The second-order valence-electron chi connectivity index (χ2n) is 9.12. The first-order valence-electron chi connectivity index (χ1n) is 11.7. The van der Waals surface area contributed by atoms with Crippen molar-refractivity contribution in [3.63, 3.8) is 0 Å². The van der Waals surface area contributed by atoms with Gasteiger partial charge in [0, 0.05) is 45.0 Å². The average Bonchev–Trinajstić information content (AvgIpc) is 3.34. The van der Waals surface area contributed by atoms with Crippen LogP contribution in [0.25, 0.3) is 0 Å². The zero-order chi connectivity index (χ0) is 22.7. The summed E-state index contributed by atoms with van der Waals surface area (Å²) in [6.07, 6.45) is 4.10. The molecule has 3 amide bonds. The number of carbonyl (C=O) groups excluding carboxylic acids is 2. The molecule has 1 atom stereocenters. The summed E-state index contributed by atoms with van der Waals surface area (Å²) < 4.78 is 0. The minimum atomic E-state index is -0.131. The lowest BCUT2D eigenvalue weighted by Crippen LogP contribution is -2.50. The molecule has 0 aromatic heterocycles. The predicted molar refractivity (Wildman–Crippen MR) is 130 cm³/mol. The van der Waals surface area contributed by atoms with Crippen LogP contribution in [-0.2, 0) is 0 Å². The fourth-order valence-corrected chi connectivity index (χ4v) is 4.77. The minimum Gasteiger partial charge on any atom is -0.370 e. The van der Waals surface area contributed by atoms with Gasteiger partial charge in [-0.15, -0.1) is 0 Å². The standard InChI is InChI=1S/C26H34N4O2/c1-19-11-13-21(14-12-19)28(3)22-9-7-17-30(18-22)26(32)27-23-10-6-8-20(2)24(23)25(31)29-15-4-5-16-29/h6,8,10-14,22H,4-5,7,9,15-18H2,1-3H3,(H,27,32)/t22-/m0/s1. The molecule has 6 nitrogen and oxygen atoms in total. The van der Waals surface area contributed by atoms with E-state index in [1.54, 1.807) is 0 Å². The molecule has 0 bridgehead atoms. The van der Waals surface area contributed by atoms with Gasteiger partial charge in [-0.2, -0.15) is 0 Å². The van der Waals surface area contributed by atoms with Crippen molar-refractivity contribution in [2.45, 2.75) is 45.6 Å². The van der Waals surface area contributed by atoms with Crippen LogP contribution < -0.4 is 10.2 Å². The van der Waals surface area contributed by atoms with Gasteiger partial charge in [0.1, 0.15) is 0 Å². The van der Waals surface area contributed by atoms with E-state index < -0.39 is 0 Å². The normalized spacial score (nSPS) is 18.5. The van der Waals surface area contributed by atoms with Gasteiger partial charge in [0.05, 0.1) is 11.3 Å². The number of anilines is 2. The Bertz CT molecular complexity index is 966. The van der Waals surface area contributed by atoms with Gasteiger partial charge < -0.3 is 20.0 Å². The maximum absolute atomic E-state index is 13.2. The molecular formula is C26H34N4O2. The highest BCUT2D eigenvalue weighted by Crippen LogP contribution is 2.26. The van der Waals surface area contributed by atoms with Crippen LogP contribution in [-0.4, -0.2) is 61.0 Å². The Hall–Kier alpha value is -3.02. The molecule has 0 unspecified atom stereocenters. The maximum atomic E-state index is 13.2. The topological polar surface area (TPSA) is 55.9 Å². The molecule has 2 fully saturated rings. The first-order valence-corrected chi connectivity index (χ1v) is 11.7. The summed E-state index contributed by atoms with van der Waals surface area (Å²) >= 11 is 0. The van der Waals surface area contributed by atoms with Crippen molar-refractivity contribution in [2.24, 2.45) is 0 Å². The van der Waals surface area contributed by atoms with Crippen LogP contribution >= 0.6 is 0 Å². The first-order chi connectivity index (χ1) is 15.4. The van der Waals surface area contributed by atoms with Crippen LogP contribution in [0.15, 0.2) is 42.5 Å². The summed E-state index contributed by atoms with van der Waals surface area (Å²) in [6.45, 7) is 7.00. The largest absolute Gasteiger partial charge is 0.370 e. The number of benzene rings is 2. The molecule has 2 heterocycles. The van der Waals surface area contributed by atoms with Crippen molar-refractivity contribution in [2.75, 3.05) is 43.4 Å². The molecular weight excluding hydrogens is 400 g/mol. The number of nitrogens with one attached hydrogen (secondary N) is 1. The zero-order valence-corrected chi connectivity index (χ0v) is 19.4. The highest BCUT2D eigenvalue weighted by Gasteiger charge is 2.28. The number of hydrogen-bond acceptors (Lipinski definition) is 3. The van der Waals surface area contributed by atoms with Gasteiger partial charge in [0.25, 0.3) is 5.91 Å². The summed E-state index contributed by atoms with van der Waals surface area (Å²) in [6, 6.07) is 14.3. The SMILES string of the molecule is Cc1ccc(N(C)[C@H]2CCCN(C(=O)Nc3cccc(C)c3C(=O)N3CCCC3)C2)cc1. The average molecular weight is 435 g/mol. The zero-order valence-electron chi connectivity index (χ0n) is 19.4. The smallest absolute Gasteiger partial charge is 0.321 e. The number of rotatable bonds is 4. The molecule has 0 aliphatic carbocycles. The molecule has 2 aliphatic heterocycles. The van der Waals surface area contributed by atoms with Crippen molar-refractivity contribution < 1.29 is 9.59 Å². The summed E-state index contributed by atoms with van der Waals surface area (Å²) in [5.74, 6) is 0.0199. The molecule has 2 aromatic rings. The van der Waals surface area contributed by atoms with E-state index in [-0.39, 0.29) is 18.0 Å². The number of amides is 3. The molecule has 6 heteroatoms. The van der Waals surface area contributed by atoms with E-state index in [1.807, 2.05) is 34.9 Å². The monoisotopic (exact) mass is 434 g/mol. The summed E-state index contributed by atoms with van der Waals surface area (Å²) in [7, 11) is 2.10. The quantitative estimate of drug-likeness (QED) is 0.761. The van der Waals surface area contributed by atoms with Crippen LogP contribution in [0.2, 0.25) is 0 Å². The van der Waals surface area contributed by atoms with E-state index in [0.717, 1.165) is 50.9 Å². The van der Waals surface area contributed by atoms with E-state index in [2.05, 4.69) is 48.5 Å². The molecule has 2 aliphatic rings. The highest BCUT2D eigenvalue weighted by atomic mass is 16.2. The van der Waals surface area contributed by atoms with E-state index >= 15 is 0 Å². The highest BCUT2D eigenvalue weighted by molar-refractivity contribution is 6.04. The molecule has 1 N–H and O–H groups in total. The van der Waals surface area contributed by atoms with E-state index in [0.29, 0.717) is 17.8 Å². The third-order valence-electron chi connectivity index (χ3n) is 6.79. The summed E-state index contributed by atoms with van der Waals surface area (Å²) in [4.78, 5) is 32.4. The number of aryl methyl sites for hydroxylation is 2. The molecule has 32 heavy (non-hydrogen) atoms. The molecule has 2 saturated heterocycles. The molecule has 0 radical (unpaired) electrons. The molecule has 0 spiro atoms. The second kappa shape index (κ2) is 9.63. The van der Waals surface area contributed by atoms with Gasteiger partial charge in [-0.1, -0.05) is 29.8 Å². The Kier molecular flexibility index (Phi) is 6.68. The first kappa shape index (κ1) is 22.2. The Morgan fingerprint density at radius 1 is 0.938 bits per heavy atom. The summed E-state index contributed by atoms with van der Waals surface area (Å²) in [5.41, 5.74) is 4.54. The van der Waals surface area contributed by atoms with Crippen molar-refractivity contribution in [1.29, 1.82) is 0 Å². The maximum Gasteiger partial charge on any atom is 0.321 e.